The van der Waals surface area contributed by atoms with Crippen LogP contribution >= 0.6 is 0 Å². The Balaban J connectivity index is 1.94. The molecule has 1 aromatic carbocycles. The third-order valence-corrected chi connectivity index (χ3v) is 4.41. The lowest BCUT2D eigenvalue weighted by molar-refractivity contribution is 0.319. The molecule has 17 heavy (non-hydrogen) atoms. The molecule has 1 aliphatic carbocycles. The van der Waals surface area contributed by atoms with Gasteiger partial charge < -0.3 is 0 Å². The summed E-state index contributed by atoms with van der Waals surface area (Å²) in [5, 5.41) is 0. The van der Waals surface area contributed by atoms with Crippen LogP contribution in [0.1, 0.15) is 69.4 Å². The fourth-order valence-corrected chi connectivity index (χ4v) is 3.15. The molecule has 0 atom stereocenters. The highest BCUT2D eigenvalue weighted by atomic mass is 14.3. The van der Waals surface area contributed by atoms with E-state index in [1.807, 2.05) is 0 Å². The van der Waals surface area contributed by atoms with Crippen molar-refractivity contribution in [3.8, 4) is 0 Å². The first-order valence-corrected chi connectivity index (χ1v) is 7.42. The molecular weight excluding hydrogens is 204 g/mol. The third-order valence-electron chi connectivity index (χ3n) is 4.41. The van der Waals surface area contributed by atoms with Crippen LogP contribution in [0.2, 0.25) is 0 Å². The van der Waals surface area contributed by atoms with E-state index in [9.17, 15) is 0 Å². The topological polar surface area (TPSA) is 0 Å². The lowest BCUT2D eigenvalue weighted by Crippen LogP contribution is -2.12. The summed E-state index contributed by atoms with van der Waals surface area (Å²) < 4.78 is 0. The van der Waals surface area contributed by atoms with Crippen molar-refractivity contribution in [3.63, 3.8) is 0 Å². The molecule has 0 unspecified atom stereocenters. The van der Waals surface area contributed by atoms with E-state index in [1.165, 1.54) is 50.5 Å². The van der Waals surface area contributed by atoms with Crippen LogP contribution in [0.15, 0.2) is 24.3 Å². The van der Waals surface area contributed by atoms with Crippen molar-refractivity contribution in [2.75, 3.05) is 0 Å². The minimum atomic E-state index is 0.841. The second-order valence-electron chi connectivity index (χ2n) is 5.62. The molecule has 0 heteroatoms. The van der Waals surface area contributed by atoms with E-state index in [4.69, 9.17) is 0 Å². The van der Waals surface area contributed by atoms with Gasteiger partial charge in [0.05, 0.1) is 0 Å². The predicted molar refractivity (Wildman–Crippen MR) is 75.4 cm³/mol. The van der Waals surface area contributed by atoms with Crippen molar-refractivity contribution in [2.24, 2.45) is 5.92 Å². The minimum absolute atomic E-state index is 0.841. The Bertz CT molecular complexity index is 314. The van der Waals surface area contributed by atoms with Gasteiger partial charge in [-0.1, -0.05) is 51.0 Å². The Hall–Kier alpha value is -0.780. The largest absolute Gasteiger partial charge is 0.0651 e. The Morgan fingerprint density at radius 2 is 1.59 bits per heavy atom. The first-order chi connectivity index (χ1) is 8.33. The van der Waals surface area contributed by atoms with Crippen molar-refractivity contribution in [1.82, 2.24) is 0 Å². The average molecular weight is 230 g/mol. The number of benzene rings is 1. The van der Waals surface area contributed by atoms with Crippen LogP contribution < -0.4 is 0 Å². The zero-order valence-corrected chi connectivity index (χ0v) is 11.4. The molecule has 0 N–H and O–H groups in total. The van der Waals surface area contributed by atoms with E-state index in [-0.39, 0.29) is 0 Å². The van der Waals surface area contributed by atoms with E-state index in [1.54, 1.807) is 5.56 Å². The van der Waals surface area contributed by atoms with Gasteiger partial charge in [-0.2, -0.15) is 0 Å². The summed E-state index contributed by atoms with van der Waals surface area (Å²) in [6.07, 6.45) is 9.55. The molecule has 94 valence electrons. The summed E-state index contributed by atoms with van der Waals surface area (Å²) in [6, 6.07) is 9.43. The quantitative estimate of drug-likeness (QED) is 0.656. The Labute approximate surface area is 106 Å². The first kappa shape index (κ1) is 12.7. The highest BCUT2D eigenvalue weighted by Crippen LogP contribution is 2.36. The maximum atomic E-state index is 2.38. The van der Waals surface area contributed by atoms with Crippen LogP contribution in [0.5, 0.6) is 0 Å². The molecule has 1 aliphatic rings. The fraction of sp³-hybridized carbons (Fsp3) is 0.647. The lowest BCUT2D eigenvalue weighted by Gasteiger charge is -2.28. The summed E-state index contributed by atoms with van der Waals surface area (Å²) >= 11 is 0. The van der Waals surface area contributed by atoms with Crippen LogP contribution in [0.4, 0.5) is 0 Å². The average Bonchev–Trinajstić information content (AvgIpc) is 2.40. The number of hydrogen-bond donors (Lipinski definition) is 0. The van der Waals surface area contributed by atoms with E-state index in [0.29, 0.717) is 0 Å². The van der Waals surface area contributed by atoms with Crippen LogP contribution in [0.25, 0.3) is 0 Å². The van der Waals surface area contributed by atoms with Crippen molar-refractivity contribution < 1.29 is 0 Å². The summed E-state index contributed by atoms with van der Waals surface area (Å²) in [5.41, 5.74) is 3.08. The van der Waals surface area contributed by atoms with Gasteiger partial charge in [-0.3, -0.25) is 0 Å². The number of hydrogen-bond acceptors (Lipinski definition) is 0. The molecule has 0 saturated heterocycles. The molecule has 1 aromatic rings. The number of rotatable bonds is 4. The maximum Gasteiger partial charge on any atom is -0.0162 e. The maximum absolute atomic E-state index is 2.38. The SMILES string of the molecule is CCCc1ccc(C2CCC(CC)CC2)cc1. The van der Waals surface area contributed by atoms with Crippen LogP contribution in [-0.2, 0) is 6.42 Å². The van der Waals surface area contributed by atoms with Crippen LogP contribution in [0, 0.1) is 5.92 Å². The lowest BCUT2D eigenvalue weighted by atomic mass is 9.78. The minimum Gasteiger partial charge on any atom is -0.0651 e. The molecule has 0 heterocycles. The van der Waals surface area contributed by atoms with Gasteiger partial charge in [0.1, 0.15) is 0 Å². The van der Waals surface area contributed by atoms with Gasteiger partial charge in [0.25, 0.3) is 0 Å². The Kier molecular flexibility index (Phi) is 4.65. The molecular formula is C17H26. The van der Waals surface area contributed by atoms with Crippen molar-refractivity contribution in [2.45, 2.75) is 64.7 Å². The van der Waals surface area contributed by atoms with E-state index in [2.05, 4.69) is 38.1 Å². The second-order valence-corrected chi connectivity index (χ2v) is 5.62. The molecule has 0 bridgehead atoms. The molecule has 0 nitrogen and oxygen atoms in total. The van der Waals surface area contributed by atoms with Gasteiger partial charge >= 0.3 is 0 Å². The molecule has 0 radical (unpaired) electrons. The van der Waals surface area contributed by atoms with E-state index < -0.39 is 0 Å². The smallest absolute Gasteiger partial charge is 0.0162 e. The fourth-order valence-electron chi connectivity index (χ4n) is 3.15. The van der Waals surface area contributed by atoms with Gasteiger partial charge in [-0.15, -0.1) is 0 Å². The summed E-state index contributed by atoms with van der Waals surface area (Å²) in [4.78, 5) is 0. The molecule has 1 saturated carbocycles. The Morgan fingerprint density at radius 1 is 0.941 bits per heavy atom. The molecule has 2 rings (SSSR count). The molecule has 1 fully saturated rings. The monoisotopic (exact) mass is 230 g/mol. The standard InChI is InChI=1S/C17H26/c1-3-5-15-8-12-17(13-9-15)16-10-6-14(4-2)7-11-16/h8-9,12-14,16H,3-7,10-11H2,1-2H3. The normalized spacial score (nSPS) is 24.8. The van der Waals surface area contributed by atoms with Gasteiger partial charge in [0.15, 0.2) is 0 Å². The Morgan fingerprint density at radius 3 is 2.12 bits per heavy atom. The molecule has 0 aliphatic heterocycles. The summed E-state index contributed by atoms with van der Waals surface area (Å²) in [5.74, 6) is 1.85. The molecule has 0 spiro atoms. The third kappa shape index (κ3) is 3.34. The van der Waals surface area contributed by atoms with Gasteiger partial charge in [-0.25, -0.2) is 0 Å². The van der Waals surface area contributed by atoms with Crippen LogP contribution in [0.3, 0.4) is 0 Å². The summed E-state index contributed by atoms with van der Waals surface area (Å²) in [6.45, 7) is 4.59. The van der Waals surface area contributed by atoms with Crippen molar-refractivity contribution in [1.29, 1.82) is 0 Å². The first-order valence-electron chi connectivity index (χ1n) is 7.42. The highest BCUT2D eigenvalue weighted by molar-refractivity contribution is 5.25. The van der Waals surface area contributed by atoms with Crippen molar-refractivity contribution >= 4 is 0 Å². The van der Waals surface area contributed by atoms with Gasteiger partial charge in [0.2, 0.25) is 0 Å². The molecule has 0 aromatic heterocycles. The van der Waals surface area contributed by atoms with Crippen LogP contribution in [-0.4, -0.2) is 0 Å². The summed E-state index contributed by atoms with van der Waals surface area (Å²) in [7, 11) is 0. The van der Waals surface area contributed by atoms with Crippen molar-refractivity contribution in [3.05, 3.63) is 35.4 Å². The second kappa shape index (κ2) is 6.23. The number of aryl methyl sites for hydroxylation is 1. The van der Waals surface area contributed by atoms with E-state index in [0.717, 1.165) is 11.8 Å². The van der Waals surface area contributed by atoms with Gasteiger partial charge in [-0.05, 0) is 55.1 Å². The zero-order chi connectivity index (χ0) is 12.1. The van der Waals surface area contributed by atoms with Gasteiger partial charge in [0, 0.05) is 0 Å². The highest BCUT2D eigenvalue weighted by Gasteiger charge is 2.20. The van der Waals surface area contributed by atoms with E-state index >= 15 is 0 Å². The predicted octanol–water partition coefficient (Wildman–Crippen LogP) is 5.32. The zero-order valence-electron chi connectivity index (χ0n) is 11.4. The molecule has 0 amide bonds.